The molecule has 0 amide bonds. The summed E-state index contributed by atoms with van der Waals surface area (Å²) in [7, 11) is 0. The van der Waals surface area contributed by atoms with E-state index in [-0.39, 0.29) is 6.04 Å². The van der Waals surface area contributed by atoms with E-state index in [2.05, 4.69) is 18.7 Å². The van der Waals surface area contributed by atoms with E-state index in [9.17, 15) is 4.39 Å². The number of ether oxygens (including phenoxy) is 1. The van der Waals surface area contributed by atoms with Gasteiger partial charge in [0, 0.05) is 12.1 Å². The molecule has 0 spiro atoms. The normalized spacial score (nSPS) is 42.5. The van der Waals surface area contributed by atoms with Gasteiger partial charge in [0.15, 0.2) is 0 Å². The fourth-order valence-corrected chi connectivity index (χ4v) is 2.40. The smallest absolute Gasteiger partial charge is 0.214 e. The fraction of sp³-hybridized carbons (Fsp3) is 1.00. The van der Waals surface area contributed by atoms with Crippen molar-refractivity contribution in [3.05, 3.63) is 0 Å². The number of hydrogen-bond donors (Lipinski definition) is 0. The van der Waals surface area contributed by atoms with Gasteiger partial charge in [0.1, 0.15) is 0 Å². The Morgan fingerprint density at radius 1 is 1.50 bits per heavy atom. The third-order valence-electron chi connectivity index (χ3n) is 2.95. The van der Waals surface area contributed by atoms with Crippen molar-refractivity contribution in [1.29, 1.82) is 0 Å². The highest BCUT2D eigenvalue weighted by atomic mass is 19.1. The zero-order valence-corrected chi connectivity index (χ0v) is 7.66. The summed E-state index contributed by atoms with van der Waals surface area (Å²) < 4.78 is 18.3. The molecule has 0 radical (unpaired) electrons. The summed E-state index contributed by atoms with van der Waals surface area (Å²) in [6.45, 7) is 4.83. The van der Waals surface area contributed by atoms with Gasteiger partial charge in [-0.15, -0.1) is 0 Å². The second kappa shape index (κ2) is 2.96. The maximum atomic E-state index is 13.2. The van der Waals surface area contributed by atoms with Crippen LogP contribution in [0.4, 0.5) is 4.39 Å². The Kier molecular flexibility index (Phi) is 2.09. The topological polar surface area (TPSA) is 12.5 Å². The molecule has 70 valence electrons. The molecule has 3 saturated heterocycles. The Bertz CT molecular complexity index is 174. The molecule has 2 bridgehead atoms. The van der Waals surface area contributed by atoms with E-state index >= 15 is 0 Å². The van der Waals surface area contributed by atoms with E-state index in [1.807, 2.05) is 0 Å². The molecular formula is C9H16FNO. The van der Waals surface area contributed by atoms with Crippen LogP contribution in [0, 0.1) is 0 Å². The lowest BCUT2D eigenvalue weighted by molar-refractivity contribution is -0.117. The molecule has 3 atom stereocenters. The lowest BCUT2D eigenvalue weighted by Gasteiger charge is -2.49. The summed E-state index contributed by atoms with van der Waals surface area (Å²) in [6, 6.07) is 1.07. The Balaban J connectivity index is 2.06. The quantitative estimate of drug-likeness (QED) is 0.596. The lowest BCUT2D eigenvalue weighted by Crippen LogP contribution is -2.60. The van der Waals surface area contributed by atoms with Crippen LogP contribution < -0.4 is 0 Å². The zero-order chi connectivity index (χ0) is 8.72. The van der Waals surface area contributed by atoms with Crippen LogP contribution in [0.2, 0.25) is 0 Å². The van der Waals surface area contributed by atoms with Crippen LogP contribution in [0.5, 0.6) is 0 Å². The van der Waals surface area contributed by atoms with Crippen molar-refractivity contribution >= 4 is 0 Å². The van der Waals surface area contributed by atoms with Gasteiger partial charge in [-0.1, -0.05) is 0 Å². The third-order valence-corrected chi connectivity index (χ3v) is 2.95. The van der Waals surface area contributed by atoms with E-state index in [0.717, 1.165) is 12.8 Å². The monoisotopic (exact) mass is 173 g/mol. The Morgan fingerprint density at radius 3 is 2.92 bits per heavy atom. The van der Waals surface area contributed by atoms with Gasteiger partial charge < -0.3 is 4.74 Å². The molecule has 2 unspecified atom stereocenters. The van der Waals surface area contributed by atoms with Crippen molar-refractivity contribution in [2.24, 2.45) is 0 Å². The number of nitrogens with zero attached hydrogens (tertiary/aromatic N) is 1. The van der Waals surface area contributed by atoms with Crippen molar-refractivity contribution in [3.8, 4) is 0 Å². The largest absolute Gasteiger partial charge is 0.347 e. The first-order valence-electron chi connectivity index (χ1n) is 4.73. The number of alkyl halides is 1. The molecule has 3 aliphatic rings. The highest BCUT2D eigenvalue weighted by Gasteiger charge is 2.46. The molecule has 0 saturated carbocycles. The standard InChI is InChI=1S/C9H16FNO/c1-6(2)11-7-3-4-12-9(10)8(11)5-7/h6-9H,3-5H2,1-2H3/t7?,8?,9-/m1/s1. The second-order valence-electron chi connectivity index (χ2n) is 4.01. The van der Waals surface area contributed by atoms with Gasteiger partial charge in [-0.3, -0.25) is 4.90 Å². The highest BCUT2D eigenvalue weighted by molar-refractivity contribution is 4.97. The summed E-state index contributed by atoms with van der Waals surface area (Å²) in [4.78, 5) is 2.25. The van der Waals surface area contributed by atoms with Crippen LogP contribution >= 0.6 is 0 Å². The minimum absolute atomic E-state index is 0.0394. The van der Waals surface area contributed by atoms with E-state index in [4.69, 9.17) is 4.74 Å². The van der Waals surface area contributed by atoms with Crippen LogP contribution in [0.25, 0.3) is 0 Å². The molecule has 12 heavy (non-hydrogen) atoms. The van der Waals surface area contributed by atoms with Crippen molar-refractivity contribution in [2.75, 3.05) is 6.61 Å². The predicted octanol–water partition coefficient (Wildman–Crippen LogP) is 1.55. The molecule has 0 aliphatic carbocycles. The maximum absolute atomic E-state index is 13.2. The number of fused-ring (bicyclic) bond motifs is 3. The van der Waals surface area contributed by atoms with E-state index in [1.54, 1.807) is 0 Å². The molecule has 3 fully saturated rings. The second-order valence-corrected chi connectivity index (χ2v) is 4.01. The van der Waals surface area contributed by atoms with Crippen LogP contribution in [-0.4, -0.2) is 36.0 Å². The minimum atomic E-state index is -1.05. The molecular weight excluding hydrogens is 157 g/mol. The van der Waals surface area contributed by atoms with Gasteiger partial charge in [-0.05, 0) is 26.7 Å². The Hall–Kier alpha value is -0.150. The van der Waals surface area contributed by atoms with Crippen molar-refractivity contribution < 1.29 is 9.13 Å². The molecule has 3 rings (SSSR count). The lowest BCUT2D eigenvalue weighted by atomic mass is 9.90. The van der Waals surface area contributed by atoms with E-state index in [0.29, 0.717) is 18.7 Å². The van der Waals surface area contributed by atoms with Gasteiger partial charge >= 0.3 is 0 Å². The predicted molar refractivity (Wildman–Crippen MR) is 44.6 cm³/mol. The average molecular weight is 173 g/mol. The molecule has 0 aromatic heterocycles. The van der Waals surface area contributed by atoms with Gasteiger partial charge in [0.05, 0.1) is 12.6 Å². The van der Waals surface area contributed by atoms with Crippen molar-refractivity contribution in [3.63, 3.8) is 0 Å². The summed E-state index contributed by atoms with van der Waals surface area (Å²) in [5, 5.41) is 0. The van der Waals surface area contributed by atoms with Crippen LogP contribution in [-0.2, 0) is 4.74 Å². The maximum Gasteiger partial charge on any atom is 0.214 e. The summed E-state index contributed by atoms with van der Waals surface area (Å²) in [5.74, 6) is 0. The first kappa shape index (κ1) is 8.45. The minimum Gasteiger partial charge on any atom is -0.347 e. The summed E-state index contributed by atoms with van der Waals surface area (Å²) >= 11 is 0. The third kappa shape index (κ3) is 1.15. The van der Waals surface area contributed by atoms with Crippen molar-refractivity contribution in [1.82, 2.24) is 4.90 Å². The number of rotatable bonds is 1. The van der Waals surface area contributed by atoms with Crippen molar-refractivity contribution in [2.45, 2.75) is 51.2 Å². The molecule has 0 N–H and O–H groups in total. The summed E-state index contributed by atoms with van der Waals surface area (Å²) in [5.41, 5.74) is 0. The zero-order valence-electron chi connectivity index (χ0n) is 7.66. The molecule has 3 heteroatoms. The average Bonchev–Trinajstić information content (AvgIpc) is 2.15. The van der Waals surface area contributed by atoms with Crippen LogP contribution in [0.15, 0.2) is 0 Å². The van der Waals surface area contributed by atoms with E-state index in [1.165, 1.54) is 0 Å². The fourth-order valence-electron chi connectivity index (χ4n) is 2.40. The molecule has 0 aromatic rings. The SMILES string of the molecule is CC(C)N1C2CCO[C@@H](F)C1C2. The first-order chi connectivity index (χ1) is 5.70. The number of halogens is 1. The summed E-state index contributed by atoms with van der Waals surface area (Å²) in [6.07, 6.45) is 0.931. The van der Waals surface area contributed by atoms with E-state index < -0.39 is 6.36 Å². The first-order valence-corrected chi connectivity index (χ1v) is 4.73. The Labute approximate surface area is 72.7 Å². The molecule has 2 nitrogen and oxygen atoms in total. The van der Waals surface area contributed by atoms with Crippen LogP contribution in [0.1, 0.15) is 26.7 Å². The Morgan fingerprint density at radius 2 is 2.25 bits per heavy atom. The van der Waals surface area contributed by atoms with Gasteiger partial charge in [0.2, 0.25) is 6.36 Å². The van der Waals surface area contributed by atoms with Crippen LogP contribution in [0.3, 0.4) is 0 Å². The van der Waals surface area contributed by atoms with Gasteiger partial charge in [0.25, 0.3) is 0 Å². The molecule has 3 aliphatic heterocycles. The highest BCUT2D eigenvalue weighted by Crippen LogP contribution is 2.36. The van der Waals surface area contributed by atoms with Gasteiger partial charge in [-0.25, -0.2) is 4.39 Å². The molecule has 0 aromatic carbocycles. The number of hydrogen-bond acceptors (Lipinski definition) is 2. The van der Waals surface area contributed by atoms with Gasteiger partial charge in [-0.2, -0.15) is 0 Å². The molecule has 3 heterocycles.